The minimum absolute atomic E-state index is 0.507. The van der Waals surface area contributed by atoms with Gasteiger partial charge in [-0.3, -0.25) is 0 Å². The summed E-state index contributed by atoms with van der Waals surface area (Å²) in [6, 6.07) is 7.57. The van der Waals surface area contributed by atoms with Gasteiger partial charge in [-0.05, 0) is 19.1 Å². The monoisotopic (exact) mass is 215 g/mol. The lowest BCUT2D eigenvalue weighted by atomic mass is 10.2. The zero-order chi connectivity index (χ0) is 11.5. The van der Waals surface area contributed by atoms with Crippen LogP contribution in [0, 0.1) is 6.92 Å². The number of methoxy groups -OCH3 is 1. The first-order chi connectivity index (χ1) is 7.70. The van der Waals surface area contributed by atoms with Gasteiger partial charge in [-0.1, -0.05) is 12.1 Å². The zero-order valence-electron chi connectivity index (χ0n) is 9.27. The van der Waals surface area contributed by atoms with Crippen molar-refractivity contribution in [2.75, 3.05) is 12.8 Å². The lowest BCUT2D eigenvalue weighted by Crippen LogP contribution is -1.98. The zero-order valence-corrected chi connectivity index (χ0v) is 9.27. The Kier molecular flexibility index (Phi) is 2.72. The summed E-state index contributed by atoms with van der Waals surface area (Å²) in [5.74, 6) is 1.90. The van der Waals surface area contributed by atoms with Crippen LogP contribution in [0.15, 0.2) is 30.5 Å². The molecule has 0 atom stereocenters. The van der Waals surface area contributed by atoms with E-state index in [0.29, 0.717) is 11.6 Å². The van der Waals surface area contributed by atoms with Gasteiger partial charge in [0.25, 0.3) is 0 Å². The van der Waals surface area contributed by atoms with Gasteiger partial charge in [0.05, 0.1) is 7.11 Å². The standard InChI is InChI=1S/C12H13N3O/c1-8-7-14-12(15-11(8)13)9-4-3-5-10(6-9)16-2/h3-7H,1-2H3,(H2,13,14,15). The number of hydrogen-bond donors (Lipinski definition) is 1. The van der Waals surface area contributed by atoms with Crippen LogP contribution >= 0.6 is 0 Å². The van der Waals surface area contributed by atoms with Gasteiger partial charge in [-0.25, -0.2) is 9.97 Å². The largest absolute Gasteiger partial charge is 0.497 e. The Morgan fingerprint density at radius 2 is 2.12 bits per heavy atom. The fourth-order valence-electron chi connectivity index (χ4n) is 1.36. The van der Waals surface area contributed by atoms with Crippen molar-refractivity contribution in [1.82, 2.24) is 9.97 Å². The molecule has 2 aromatic rings. The van der Waals surface area contributed by atoms with Crippen LogP contribution in [0.2, 0.25) is 0 Å². The van der Waals surface area contributed by atoms with Gasteiger partial charge in [0.15, 0.2) is 5.82 Å². The molecule has 2 rings (SSSR count). The molecule has 1 heterocycles. The average molecular weight is 215 g/mol. The Labute approximate surface area is 94.1 Å². The van der Waals surface area contributed by atoms with Crippen molar-refractivity contribution in [2.24, 2.45) is 0 Å². The molecule has 0 bridgehead atoms. The summed E-state index contributed by atoms with van der Waals surface area (Å²) in [7, 11) is 1.63. The third-order valence-corrected chi connectivity index (χ3v) is 2.34. The molecule has 0 fully saturated rings. The summed E-state index contributed by atoms with van der Waals surface area (Å²) in [5, 5.41) is 0. The van der Waals surface area contributed by atoms with Crippen molar-refractivity contribution < 1.29 is 4.74 Å². The van der Waals surface area contributed by atoms with Gasteiger partial charge in [-0.2, -0.15) is 0 Å². The minimum atomic E-state index is 0.507. The van der Waals surface area contributed by atoms with E-state index in [1.165, 1.54) is 0 Å². The molecule has 0 aliphatic rings. The number of ether oxygens (including phenoxy) is 1. The molecule has 82 valence electrons. The first-order valence-electron chi connectivity index (χ1n) is 4.94. The van der Waals surface area contributed by atoms with E-state index in [4.69, 9.17) is 10.5 Å². The highest BCUT2D eigenvalue weighted by Gasteiger charge is 2.04. The van der Waals surface area contributed by atoms with E-state index in [1.54, 1.807) is 13.3 Å². The molecule has 2 N–H and O–H groups in total. The molecule has 1 aromatic carbocycles. The lowest BCUT2D eigenvalue weighted by molar-refractivity contribution is 0.415. The van der Waals surface area contributed by atoms with Gasteiger partial charge in [0.1, 0.15) is 11.6 Å². The van der Waals surface area contributed by atoms with Crippen LogP contribution in [-0.2, 0) is 0 Å². The molecule has 0 aliphatic heterocycles. The fourth-order valence-corrected chi connectivity index (χ4v) is 1.36. The molecule has 0 amide bonds. The molecule has 0 aliphatic carbocycles. The number of aromatic nitrogens is 2. The first-order valence-corrected chi connectivity index (χ1v) is 4.94. The van der Waals surface area contributed by atoms with Gasteiger partial charge >= 0.3 is 0 Å². The molecular formula is C12H13N3O. The summed E-state index contributed by atoms with van der Waals surface area (Å²) in [6.45, 7) is 1.88. The Balaban J connectivity index is 2.46. The van der Waals surface area contributed by atoms with Crippen LogP contribution in [-0.4, -0.2) is 17.1 Å². The molecule has 0 saturated carbocycles. The number of nitrogen functional groups attached to an aromatic ring is 1. The van der Waals surface area contributed by atoms with E-state index in [-0.39, 0.29) is 0 Å². The molecular weight excluding hydrogens is 202 g/mol. The number of hydrogen-bond acceptors (Lipinski definition) is 4. The maximum atomic E-state index is 5.75. The second-order valence-corrected chi connectivity index (χ2v) is 3.49. The molecule has 4 nitrogen and oxygen atoms in total. The highest BCUT2D eigenvalue weighted by Crippen LogP contribution is 2.21. The molecule has 0 saturated heterocycles. The summed E-state index contributed by atoms with van der Waals surface area (Å²) in [4.78, 5) is 8.47. The second-order valence-electron chi connectivity index (χ2n) is 3.49. The van der Waals surface area contributed by atoms with Crippen LogP contribution in [0.5, 0.6) is 5.75 Å². The minimum Gasteiger partial charge on any atom is -0.497 e. The Morgan fingerprint density at radius 1 is 1.31 bits per heavy atom. The fraction of sp³-hybridized carbons (Fsp3) is 0.167. The van der Waals surface area contributed by atoms with E-state index in [1.807, 2.05) is 31.2 Å². The molecule has 0 unspecified atom stereocenters. The predicted molar refractivity (Wildman–Crippen MR) is 63.2 cm³/mol. The highest BCUT2D eigenvalue weighted by molar-refractivity contribution is 5.59. The van der Waals surface area contributed by atoms with Crippen molar-refractivity contribution in [2.45, 2.75) is 6.92 Å². The number of benzene rings is 1. The van der Waals surface area contributed by atoms with Gasteiger partial charge in [-0.15, -0.1) is 0 Å². The van der Waals surface area contributed by atoms with Crippen LogP contribution in [0.1, 0.15) is 5.56 Å². The number of nitrogens with two attached hydrogens (primary N) is 1. The summed E-state index contributed by atoms with van der Waals surface area (Å²) in [5.41, 5.74) is 7.52. The normalized spacial score (nSPS) is 10.1. The number of rotatable bonds is 2. The quantitative estimate of drug-likeness (QED) is 0.832. The summed E-state index contributed by atoms with van der Waals surface area (Å²) >= 11 is 0. The topological polar surface area (TPSA) is 61.0 Å². The van der Waals surface area contributed by atoms with Gasteiger partial charge in [0.2, 0.25) is 0 Å². The number of anilines is 1. The molecule has 0 spiro atoms. The highest BCUT2D eigenvalue weighted by atomic mass is 16.5. The molecule has 1 aromatic heterocycles. The average Bonchev–Trinajstić information content (AvgIpc) is 2.33. The van der Waals surface area contributed by atoms with Crippen molar-refractivity contribution in [3.8, 4) is 17.1 Å². The Hall–Kier alpha value is -2.10. The molecule has 0 radical (unpaired) electrons. The maximum Gasteiger partial charge on any atom is 0.161 e. The second kappa shape index (κ2) is 4.18. The Bertz CT molecular complexity index is 511. The lowest BCUT2D eigenvalue weighted by Gasteiger charge is -2.05. The number of nitrogens with zero attached hydrogens (tertiary/aromatic N) is 2. The van der Waals surface area contributed by atoms with Crippen LogP contribution in [0.3, 0.4) is 0 Å². The Morgan fingerprint density at radius 3 is 2.81 bits per heavy atom. The SMILES string of the molecule is COc1cccc(-c2ncc(C)c(N)n2)c1. The van der Waals surface area contributed by atoms with E-state index in [2.05, 4.69) is 9.97 Å². The van der Waals surface area contributed by atoms with Gasteiger partial charge in [0, 0.05) is 17.3 Å². The smallest absolute Gasteiger partial charge is 0.161 e. The van der Waals surface area contributed by atoms with Crippen molar-refractivity contribution in [3.63, 3.8) is 0 Å². The third-order valence-electron chi connectivity index (χ3n) is 2.34. The van der Waals surface area contributed by atoms with E-state index < -0.39 is 0 Å². The maximum absolute atomic E-state index is 5.75. The number of aryl methyl sites for hydroxylation is 1. The summed E-state index contributed by atoms with van der Waals surface area (Å²) in [6.07, 6.45) is 1.72. The first kappa shape index (κ1) is 10.4. The predicted octanol–water partition coefficient (Wildman–Crippen LogP) is 2.04. The third kappa shape index (κ3) is 1.95. The van der Waals surface area contributed by atoms with Crippen molar-refractivity contribution in [3.05, 3.63) is 36.0 Å². The van der Waals surface area contributed by atoms with E-state index in [9.17, 15) is 0 Å². The summed E-state index contributed by atoms with van der Waals surface area (Å²) < 4.78 is 5.14. The van der Waals surface area contributed by atoms with Crippen LogP contribution < -0.4 is 10.5 Å². The van der Waals surface area contributed by atoms with Crippen LogP contribution in [0.4, 0.5) is 5.82 Å². The van der Waals surface area contributed by atoms with Gasteiger partial charge < -0.3 is 10.5 Å². The van der Waals surface area contributed by atoms with Crippen molar-refractivity contribution >= 4 is 5.82 Å². The van der Waals surface area contributed by atoms with Crippen LogP contribution in [0.25, 0.3) is 11.4 Å². The van der Waals surface area contributed by atoms with E-state index >= 15 is 0 Å². The molecule has 16 heavy (non-hydrogen) atoms. The van der Waals surface area contributed by atoms with Crippen molar-refractivity contribution in [1.29, 1.82) is 0 Å². The molecule has 4 heteroatoms. The van der Waals surface area contributed by atoms with E-state index in [0.717, 1.165) is 16.9 Å².